The molecule has 1 amide bonds. The van der Waals surface area contributed by atoms with Gasteiger partial charge in [0.05, 0.1) is 0 Å². The van der Waals surface area contributed by atoms with Gasteiger partial charge in [-0.25, -0.2) is 0 Å². The van der Waals surface area contributed by atoms with Gasteiger partial charge in [-0.2, -0.15) is 0 Å². The molecule has 0 aliphatic rings. The van der Waals surface area contributed by atoms with E-state index in [0.717, 1.165) is 30.8 Å². The van der Waals surface area contributed by atoms with Crippen LogP contribution in [0.2, 0.25) is 0 Å². The standard InChI is InChI=1S/C18H30N2O/c1-3-5-6-7-8-9-14-19-17-12-10-11-16(15-17)18(21)20-13-4-2/h10-12,15,19H,3-9,13-14H2,1-2H3,(H,20,21). The van der Waals surface area contributed by atoms with Crippen LogP contribution in [0.25, 0.3) is 0 Å². The molecule has 0 aliphatic carbocycles. The van der Waals surface area contributed by atoms with Gasteiger partial charge in [0.25, 0.3) is 5.91 Å². The van der Waals surface area contributed by atoms with Gasteiger partial charge in [-0.15, -0.1) is 0 Å². The topological polar surface area (TPSA) is 41.1 Å². The van der Waals surface area contributed by atoms with Crippen LogP contribution in [0.4, 0.5) is 5.69 Å². The van der Waals surface area contributed by atoms with E-state index in [9.17, 15) is 4.79 Å². The zero-order valence-electron chi connectivity index (χ0n) is 13.6. The fraction of sp³-hybridized carbons (Fsp3) is 0.611. The molecule has 0 aromatic heterocycles. The van der Waals surface area contributed by atoms with Crippen LogP contribution in [0, 0.1) is 0 Å². The average Bonchev–Trinajstić information content (AvgIpc) is 2.52. The summed E-state index contributed by atoms with van der Waals surface area (Å²) in [5.41, 5.74) is 1.77. The second-order valence-corrected chi connectivity index (χ2v) is 5.53. The Morgan fingerprint density at radius 1 is 0.952 bits per heavy atom. The lowest BCUT2D eigenvalue weighted by molar-refractivity contribution is 0.0953. The van der Waals surface area contributed by atoms with Gasteiger partial charge in [-0.3, -0.25) is 4.79 Å². The Morgan fingerprint density at radius 3 is 2.48 bits per heavy atom. The summed E-state index contributed by atoms with van der Waals surface area (Å²) in [6.45, 7) is 6.00. The molecule has 0 aliphatic heterocycles. The number of carbonyl (C=O) groups excluding carboxylic acids is 1. The number of anilines is 1. The molecule has 3 nitrogen and oxygen atoms in total. The Balaban J connectivity index is 2.27. The fourth-order valence-corrected chi connectivity index (χ4v) is 2.25. The van der Waals surface area contributed by atoms with Gasteiger partial charge in [-0.05, 0) is 31.0 Å². The van der Waals surface area contributed by atoms with E-state index >= 15 is 0 Å². The number of unbranched alkanes of at least 4 members (excludes halogenated alkanes) is 5. The van der Waals surface area contributed by atoms with Gasteiger partial charge in [0.2, 0.25) is 0 Å². The third-order valence-electron chi connectivity index (χ3n) is 3.52. The van der Waals surface area contributed by atoms with Gasteiger partial charge >= 0.3 is 0 Å². The van der Waals surface area contributed by atoms with Crippen molar-refractivity contribution in [2.75, 3.05) is 18.4 Å². The van der Waals surface area contributed by atoms with Gasteiger partial charge in [0.15, 0.2) is 0 Å². The normalized spacial score (nSPS) is 10.4. The smallest absolute Gasteiger partial charge is 0.251 e. The molecule has 3 heteroatoms. The molecule has 1 rings (SSSR count). The summed E-state index contributed by atoms with van der Waals surface area (Å²) in [6, 6.07) is 7.75. The minimum absolute atomic E-state index is 0.0139. The Labute approximate surface area is 129 Å². The number of nitrogens with one attached hydrogen (secondary N) is 2. The first kappa shape index (κ1) is 17.5. The van der Waals surface area contributed by atoms with Gasteiger partial charge < -0.3 is 10.6 Å². The highest BCUT2D eigenvalue weighted by Gasteiger charge is 2.04. The Kier molecular flexibility index (Phi) is 9.34. The van der Waals surface area contributed by atoms with E-state index in [1.54, 1.807) is 0 Å². The van der Waals surface area contributed by atoms with Crippen LogP contribution in [0.15, 0.2) is 24.3 Å². The summed E-state index contributed by atoms with van der Waals surface area (Å²) >= 11 is 0. The highest BCUT2D eigenvalue weighted by atomic mass is 16.1. The number of hydrogen-bond donors (Lipinski definition) is 2. The monoisotopic (exact) mass is 290 g/mol. The minimum Gasteiger partial charge on any atom is -0.385 e. The summed E-state index contributed by atoms with van der Waals surface area (Å²) in [4.78, 5) is 11.9. The molecule has 0 saturated carbocycles. The fourth-order valence-electron chi connectivity index (χ4n) is 2.25. The third-order valence-corrected chi connectivity index (χ3v) is 3.52. The van der Waals surface area contributed by atoms with Crippen LogP contribution in [0.5, 0.6) is 0 Å². The highest BCUT2D eigenvalue weighted by Crippen LogP contribution is 2.11. The van der Waals surface area contributed by atoms with Gasteiger partial charge in [-0.1, -0.05) is 52.0 Å². The number of benzene rings is 1. The lowest BCUT2D eigenvalue weighted by Crippen LogP contribution is -2.23. The third kappa shape index (κ3) is 7.74. The SMILES string of the molecule is CCCCCCCCNc1cccc(C(=O)NCCC)c1. The molecule has 1 aromatic carbocycles. The molecule has 0 fully saturated rings. The van der Waals surface area contributed by atoms with Crippen molar-refractivity contribution < 1.29 is 4.79 Å². The van der Waals surface area contributed by atoms with E-state index in [4.69, 9.17) is 0 Å². The second-order valence-electron chi connectivity index (χ2n) is 5.53. The van der Waals surface area contributed by atoms with Gasteiger partial charge in [0, 0.05) is 24.3 Å². The van der Waals surface area contributed by atoms with Gasteiger partial charge in [0.1, 0.15) is 0 Å². The van der Waals surface area contributed by atoms with Crippen molar-refractivity contribution in [2.24, 2.45) is 0 Å². The maximum absolute atomic E-state index is 11.9. The molecule has 0 heterocycles. The van der Waals surface area contributed by atoms with E-state index in [1.165, 1.54) is 38.5 Å². The Bertz CT molecular complexity index is 404. The van der Waals surface area contributed by atoms with E-state index in [0.29, 0.717) is 0 Å². The first-order chi connectivity index (χ1) is 10.3. The highest BCUT2D eigenvalue weighted by molar-refractivity contribution is 5.95. The number of carbonyl (C=O) groups is 1. The number of hydrogen-bond acceptors (Lipinski definition) is 2. The van der Waals surface area contributed by atoms with E-state index in [-0.39, 0.29) is 5.91 Å². The molecule has 2 N–H and O–H groups in total. The van der Waals surface area contributed by atoms with Crippen LogP contribution < -0.4 is 10.6 Å². The van der Waals surface area contributed by atoms with Crippen LogP contribution in [0.3, 0.4) is 0 Å². The van der Waals surface area contributed by atoms with E-state index in [2.05, 4.69) is 24.5 Å². The van der Waals surface area contributed by atoms with E-state index < -0.39 is 0 Å². The molecule has 0 radical (unpaired) electrons. The van der Waals surface area contributed by atoms with Crippen LogP contribution >= 0.6 is 0 Å². The van der Waals surface area contributed by atoms with Crippen molar-refractivity contribution in [3.05, 3.63) is 29.8 Å². The van der Waals surface area contributed by atoms with Crippen molar-refractivity contribution in [2.45, 2.75) is 58.8 Å². The second kappa shape index (κ2) is 11.2. The predicted molar refractivity (Wildman–Crippen MR) is 90.9 cm³/mol. The van der Waals surface area contributed by atoms with Crippen molar-refractivity contribution in [3.63, 3.8) is 0 Å². The zero-order chi connectivity index (χ0) is 15.3. The summed E-state index contributed by atoms with van der Waals surface area (Å²) < 4.78 is 0. The molecule has 1 aromatic rings. The Morgan fingerprint density at radius 2 is 1.71 bits per heavy atom. The molecule has 0 bridgehead atoms. The number of amides is 1. The van der Waals surface area contributed by atoms with Crippen LogP contribution in [0.1, 0.15) is 69.2 Å². The molecule has 0 saturated heterocycles. The quantitative estimate of drug-likeness (QED) is 0.585. The first-order valence-electron chi connectivity index (χ1n) is 8.40. The molecule has 118 valence electrons. The minimum atomic E-state index is 0.0139. The average molecular weight is 290 g/mol. The summed E-state index contributed by atoms with van der Waals surface area (Å²) in [5.74, 6) is 0.0139. The summed E-state index contributed by atoms with van der Waals surface area (Å²) in [6.07, 6.45) is 8.76. The van der Waals surface area contributed by atoms with Crippen molar-refractivity contribution in [3.8, 4) is 0 Å². The number of rotatable bonds is 11. The van der Waals surface area contributed by atoms with Crippen molar-refractivity contribution >= 4 is 11.6 Å². The summed E-state index contributed by atoms with van der Waals surface area (Å²) in [7, 11) is 0. The first-order valence-corrected chi connectivity index (χ1v) is 8.40. The van der Waals surface area contributed by atoms with Crippen LogP contribution in [-0.2, 0) is 0 Å². The molecule has 0 atom stereocenters. The van der Waals surface area contributed by atoms with Crippen LogP contribution in [-0.4, -0.2) is 19.0 Å². The predicted octanol–water partition coefficient (Wildman–Crippen LogP) is 4.60. The molecular weight excluding hydrogens is 260 g/mol. The molecule has 0 unspecified atom stereocenters. The Hall–Kier alpha value is -1.51. The maximum atomic E-state index is 11.9. The van der Waals surface area contributed by atoms with Crippen molar-refractivity contribution in [1.82, 2.24) is 5.32 Å². The lowest BCUT2D eigenvalue weighted by Gasteiger charge is -2.09. The molecular formula is C18H30N2O. The molecule has 21 heavy (non-hydrogen) atoms. The largest absolute Gasteiger partial charge is 0.385 e. The van der Waals surface area contributed by atoms with E-state index in [1.807, 2.05) is 24.3 Å². The zero-order valence-corrected chi connectivity index (χ0v) is 13.6. The lowest BCUT2D eigenvalue weighted by atomic mass is 10.1. The van der Waals surface area contributed by atoms with Crippen molar-refractivity contribution in [1.29, 1.82) is 0 Å². The maximum Gasteiger partial charge on any atom is 0.251 e. The molecule has 0 spiro atoms. The summed E-state index contributed by atoms with van der Waals surface area (Å²) in [5, 5.41) is 6.31.